The van der Waals surface area contributed by atoms with E-state index in [0.717, 1.165) is 0 Å². The predicted octanol–water partition coefficient (Wildman–Crippen LogP) is 2.81. The van der Waals surface area contributed by atoms with Gasteiger partial charge in [0.15, 0.2) is 0 Å². The third kappa shape index (κ3) is 2.71. The maximum Gasteiger partial charge on any atom is 0.262 e. The highest BCUT2D eigenvalue weighted by atomic mass is 79.9. The Morgan fingerprint density at radius 2 is 2.26 bits per heavy atom. The highest BCUT2D eigenvalue weighted by Crippen LogP contribution is 2.24. The lowest BCUT2D eigenvalue weighted by Crippen LogP contribution is -2.14. The number of carbonyl (C=O) groups is 1. The van der Waals surface area contributed by atoms with Crippen molar-refractivity contribution in [1.82, 2.24) is 9.78 Å². The Balaban J connectivity index is 2.28. The number of amides is 1. The van der Waals surface area contributed by atoms with Gasteiger partial charge in [0.25, 0.3) is 5.91 Å². The molecule has 3 N–H and O–H groups in total. The fraction of sp³-hybridized carbons (Fsp3) is 0.0909. The first-order valence-electron chi connectivity index (χ1n) is 5.14. The molecule has 5 nitrogen and oxygen atoms in total. The molecule has 1 aromatic carbocycles. The molecule has 2 aromatic rings. The van der Waals surface area contributed by atoms with E-state index < -0.39 is 11.7 Å². The normalized spacial score (nSPS) is 10.5. The summed E-state index contributed by atoms with van der Waals surface area (Å²) in [5.74, 6) is -0.792. The van der Waals surface area contributed by atoms with Gasteiger partial charge in [0.05, 0.1) is 5.02 Å². The molecule has 1 heterocycles. The van der Waals surface area contributed by atoms with Gasteiger partial charge in [-0.3, -0.25) is 9.48 Å². The summed E-state index contributed by atoms with van der Waals surface area (Å²) in [7, 11) is 1.62. The summed E-state index contributed by atoms with van der Waals surface area (Å²) in [6, 6.07) is 3.88. The lowest BCUT2D eigenvalue weighted by Gasteiger charge is -2.06. The molecule has 0 aliphatic rings. The Kier molecular flexibility index (Phi) is 3.77. The first-order valence-corrected chi connectivity index (χ1v) is 6.31. The lowest BCUT2D eigenvalue weighted by atomic mass is 10.2. The predicted molar refractivity (Wildman–Crippen MR) is 74.7 cm³/mol. The van der Waals surface area contributed by atoms with Gasteiger partial charge in [-0.05, 0) is 34.1 Å². The molecule has 100 valence electrons. The molecule has 0 atom stereocenters. The SMILES string of the molecule is Cn1nc(Br)c(C(=O)Nc2ccc(F)c(Cl)c2)c1N. The van der Waals surface area contributed by atoms with Crippen LogP contribution in [0.15, 0.2) is 22.8 Å². The Morgan fingerprint density at radius 1 is 1.58 bits per heavy atom. The second kappa shape index (κ2) is 5.18. The minimum absolute atomic E-state index is 0.0731. The summed E-state index contributed by atoms with van der Waals surface area (Å²) in [6.45, 7) is 0. The molecule has 1 aromatic heterocycles. The van der Waals surface area contributed by atoms with Crippen LogP contribution in [0, 0.1) is 5.82 Å². The van der Waals surface area contributed by atoms with E-state index in [-0.39, 0.29) is 16.4 Å². The van der Waals surface area contributed by atoms with Gasteiger partial charge in [0, 0.05) is 12.7 Å². The van der Waals surface area contributed by atoms with Crippen molar-refractivity contribution < 1.29 is 9.18 Å². The van der Waals surface area contributed by atoms with Crippen LogP contribution in [0.1, 0.15) is 10.4 Å². The molecule has 0 fully saturated rings. The number of hydrogen-bond donors (Lipinski definition) is 2. The van der Waals surface area contributed by atoms with Crippen molar-refractivity contribution in [3.63, 3.8) is 0 Å². The Hall–Kier alpha value is -1.60. The summed E-state index contributed by atoms with van der Waals surface area (Å²) in [5, 5.41) is 6.46. The molecule has 19 heavy (non-hydrogen) atoms. The molecule has 0 saturated heterocycles. The maximum absolute atomic E-state index is 13.0. The number of nitrogen functional groups attached to an aromatic ring is 1. The molecular formula is C11H9BrClFN4O. The van der Waals surface area contributed by atoms with Crippen molar-refractivity contribution in [3.05, 3.63) is 39.2 Å². The molecule has 0 saturated carbocycles. The van der Waals surface area contributed by atoms with Gasteiger partial charge in [0.2, 0.25) is 0 Å². The zero-order chi connectivity index (χ0) is 14.2. The van der Waals surface area contributed by atoms with E-state index in [2.05, 4.69) is 26.3 Å². The zero-order valence-corrected chi connectivity index (χ0v) is 12.1. The first kappa shape index (κ1) is 13.8. The number of carbonyl (C=O) groups excluding carboxylic acids is 1. The number of halogens is 3. The summed E-state index contributed by atoms with van der Waals surface area (Å²) in [5.41, 5.74) is 6.31. The highest BCUT2D eigenvalue weighted by Gasteiger charge is 2.19. The van der Waals surface area contributed by atoms with Gasteiger partial charge < -0.3 is 11.1 Å². The number of nitrogens with two attached hydrogens (primary N) is 1. The number of aryl methyl sites for hydroxylation is 1. The monoisotopic (exact) mass is 346 g/mol. The van der Waals surface area contributed by atoms with E-state index in [0.29, 0.717) is 10.3 Å². The van der Waals surface area contributed by atoms with Crippen LogP contribution >= 0.6 is 27.5 Å². The van der Waals surface area contributed by atoms with Crippen molar-refractivity contribution in [2.24, 2.45) is 7.05 Å². The number of nitrogens with one attached hydrogen (secondary N) is 1. The van der Waals surface area contributed by atoms with Crippen molar-refractivity contribution in [2.75, 3.05) is 11.1 Å². The van der Waals surface area contributed by atoms with Gasteiger partial charge in [-0.25, -0.2) is 4.39 Å². The maximum atomic E-state index is 13.0. The van der Waals surface area contributed by atoms with E-state index >= 15 is 0 Å². The number of benzene rings is 1. The molecule has 0 spiro atoms. The standard InChI is InChI=1S/C11H9BrClFN4O/c1-18-10(15)8(9(12)17-18)11(19)16-5-2-3-7(14)6(13)4-5/h2-4H,15H2,1H3,(H,16,19). The zero-order valence-electron chi connectivity index (χ0n) is 9.75. The molecule has 1 amide bonds. The van der Waals surface area contributed by atoms with Gasteiger partial charge in [-0.1, -0.05) is 11.6 Å². The van der Waals surface area contributed by atoms with Crippen LogP contribution in [0.2, 0.25) is 5.02 Å². The van der Waals surface area contributed by atoms with Crippen LogP contribution in [0.3, 0.4) is 0 Å². The fourth-order valence-electron chi connectivity index (χ4n) is 1.48. The van der Waals surface area contributed by atoms with E-state index in [1.165, 1.54) is 22.9 Å². The Morgan fingerprint density at radius 3 is 2.79 bits per heavy atom. The second-order valence-electron chi connectivity index (χ2n) is 3.76. The smallest absolute Gasteiger partial charge is 0.262 e. The third-order valence-electron chi connectivity index (χ3n) is 2.45. The average Bonchev–Trinajstić information content (AvgIpc) is 2.58. The van der Waals surface area contributed by atoms with Crippen LogP contribution in [0.25, 0.3) is 0 Å². The molecule has 0 aliphatic heterocycles. The summed E-state index contributed by atoms with van der Waals surface area (Å²) >= 11 is 8.78. The molecule has 2 rings (SSSR count). The Labute approximate surface area is 121 Å². The van der Waals surface area contributed by atoms with Crippen molar-refractivity contribution in [2.45, 2.75) is 0 Å². The van der Waals surface area contributed by atoms with Crippen molar-refractivity contribution in [3.8, 4) is 0 Å². The number of anilines is 2. The number of nitrogens with zero attached hydrogens (tertiary/aromatic N) is 2. The fourth-order valence-corrected chi connectivity index (χ4v) is 2.28. The molecule has 0 aliphatic carbocycles. The lowest BCUT2D eigenvalue weighted by molar-refractivity contribution is 0.102. The van der Waals surface area contributed by atoms with E-state index in [4.69, 9.17) is 17.3 Å². The molecular weight excluding hydrogens is 339 g/mol. The molecule has 8 heteroatoms. The molecule has 0 bridgehead atoms. The van der Waals surface area contributed by atoms with Crippen LogP contribution < -0.4 is 11.1 Å². The van der Waals surface area contributed by atoms with Crippen LogP contribution in [-0.4, -0.2) is 15.7 Å². The molecule has 0 unspecified atom stereocenters. The average molecular weight is 348 g/mol. The van der Waals surface area contributed by atoms with Crippen LogP contribution in [0.5, 0.6) is 0 Å². The van der Waals surface area contributed by atoms with Crippen LogP contribution in [-0.2, 0) is 7.05 Å². The second-order valence-corrected chi connectivity index (χ2v) is 4.92. The van der Waals surface area contributed by atoms with Crippen molar-refractivity contribution in [1.29, 1.82) is 0 Å². The topological polar surface area (TPSA) is 72.9 Å². The van der Waals surface area contributed by atoms with E-state index in [9.17, 15) is 9.18 Å². The number of rotatable bonds is 2. The van der Waals surface area contributed by atoms with Gasteiger partial charge in [0.1, 0.15) is 21.8 Å². The van der Waals surface area contributed by atoms with Gasteiger partial charge >= 0.3 is 0 Å². The largest absolute Gasteiger partial charge is 0.383 e. The highest BCUT2D eigenvalue weighted by molar-refractivity contribution is 9.10. The first-order chi connectivity index (χ1) is 8.90. The van der Waals surface area contributed by atoms with Crippen LogP contribution in [0.4, 0.5) is 15.9 Å². The molecule has 0 radical (unpaired) electrons. The minimum atomic E-state index is -0.554. The van der Waals surface area contributed by atoms with Gasteiger partial charge in [-0.15, -0.1) is 0 Å². The summed E-state index contributed by atoms with van der Waals surface area (Å²) in [6.07, 6.45) is 0. The summed E-state index contributed by atoms with van der Waals surface area (Å²) in [4.78, 5) is 12.1. The number of aromatic nitrogens is 2. The van der Waals surface area contributed by atoms with Gasteiger partial charge in [-0.2, -0.15) is 5.10 Å². The minimum Gasteiger partial charge on any atom is -0.383 e. The number of hydrogen-bond acceptors (Lipinski definition) is 3. The van der Waals surface area contributed by atoms with E-state index in [1.54, 1.807) is 7.05 Å². The van der Waals surface area contributed by atoms with Crippen molar-refractivity contribution >= 4 is 44.9 Å². The summed E-state index contributed by atoms with van der Waals surface area (Å²) < 4.78 is 14.7. The third-order valence-corrected chi connectivity index (χ3v) is 3.30. The quantitative estimate of drug-likeness (QED) is 0.877. The Bertz CT molecular complexity index is 658. The van der Waals surface area contributed by atoms with E-state index in [1.807, 2.05) is 0 Å².